The van der Waals surface area contributed by atoms with E-state index in [1.54, 1.807) is 45.0 Å². The van der Waals surface area contributed by atoms with Gasteiger partial charge < -0.3 is 9.47 Å². The second-order valence-electron chi connectivity index (χ2n) is 6.45. The minimum Gasteiger partial charge on any atom is -0.465 e. The van der Waals surface area contributed by atoms with Gasteiger partial charge >= 0.3 is 11.9 Å². The summed E-state index contributed by atoms with van der Waals surface area (Å²) in [5.74, 6) is -4.80. The zero-order valence-electron chi connectivity index (χ0n) is 15.9. The number of hydrogen-bond donors (Lipinski definition) is 0. The van der Waals surface area contributed by atoms with Crippen LogP contribution in [0, 0.1) is 12.8 Å². The molecule has 0 aliphatic carbocycles. The Kier molecular flexibility index (Phi) is 5.18. The zero-order chi connectivity index (χ0) is 20.5. The molecule has 1 unspecified atom stereocenters. The number of benzene rings is 1. The Bertz CT molecular complexity index is 925. The van der Waals surface area contributed by atoms with E-state index in [0.717, 1.165) is 0 Å². The Morgan fingerprint density at radius 2 is 1.54 bits per heavy atom. The molecule has 28 heavy (non-hydrogen) atoms. The van der Waals surface area contributed by atoms with Crippen molar-refractivity contribution in [3.63, 3.8) is 0 Å². The minimum atomic E-state index is -2.18. The average molecular weight is 383 g/mol. The highest BCUT2D eigenvalue weighted by molar-refractivity contribution is 6.24. The van der Waals surface area contributed by atoms with Crippen LogP contribution in [-0.4, -0.2) is 41.4 Å². The predicted molar refractivity (Wildman–Crippen MR) is 99.0 cm³/mol. The van der Waals surface area contributed by atoms with Crippen LogP contribution in [0.5, 0.6) is 0 Å². The van der Waals surface area contributed by atoms with Crippen molar-refractivity contribution in [3.8, 4) is 0 Å². The first-order valence-electron chi connectivity index (χ1n) is 9.07. The smallest absolute Gasteiger partial charge is 0.330 e. The normalized spacial score (nSPS) is 17.1. The van der Waals surface area contributed by atoms with E-state index >= 15 is 0 Å². The first kappa shape index (κ1) is 19.5. The molecular formula is C21H21NO6. The van der Waals surface area contributed by atoms with Crippen LogP contribution in [0.3, 0.4) is 0 Å². The summed E-state index contributed by atoms with van der Waals surface area (Å²) in [4.78, 5) is 52.8. The van der Waals surface area contributed by atoms with Crippen LogP contribution in [0.2, 0.25) is 0 Å². The van der Waals surface area contributed by atoms with E-state index in [1.807, 2.05) is 0 Å². The van der Waals surface area contributed by atoms with Gasteiger partial charge in [-0.3, -0.25) is 23.7 Å². The number of nitrogens with zero attached hydrogens (tertiary/aromatic N) is 1. The molecule has 0 spiro atoms. The molecule has 0 amide bonds. The van der Waals surface area contributed by atoms with Gasteiger partial charge in [0.1, 0.15) is 5.92 Å². The van der Waals surface area contributed by atoms with Crippen molar-refractivity contribution < 1.29 is 28.7 Å². The number of carbonyl (C=O) groups is 4. The molecule has 1 aromatic heterocycles. The van der Waals surface area contributed by atoms with Crippen molar-refractivity contribution in [3.05, 3.63) is 59.4 Å². The fourth-order valence-electron chi connectivity index (χ4n) is 3.70. The molecule has 0 radical (unpaired) electrons. The molecule has 2 aromatic rings. The number of Topliss-reactive ketones (excluding diaryl/α,β-unsaturated/α-hetero) is 1. The SMILES string of the molecule is CCOC(=O)C1(C(=O)OCC)c2ccc(C)n2C(=O)C1C(=O)c1ccccc1. The number of fused-ring (bicyclic) bond motifs is 1. The summed E-state index contributed by atoms with van der Waals surface area (Å²) in [6.45, 7) is 4.82. The van der Waals surface area contributed by atoms with E-state index in [1.165, 1.54) is 22.8 Å². The standard InChI is InChI=1S/C21H21NO6/c1-4-27-19(25)21(20(26)28-5-2)15-12-11-13(3)22(15)18(24)16(21)17(23)14-9-7-6-8-10-14/h6-12,16H,4-5H2,1-3H3. The number of ketones is 1. The van der Waals surface area contributed by atoms with Crippen LogP contribution in [0.15, 0.2) is 42.5 Å². The number of hydrogen-bond acceptors (Lipinski definition) is 6. The number of aromatic nitrogens is 1. The monoisotopic (exact) mass is 383 g/mol. The van der Waals surface area contributed by atoms with Gasteiger partial charge in [-0.05, 0) is 32.9 Å². The molecule has 3 rings (SSSR count). The highest BCUT2D eigenvalue weighted by Crippen LogP contribution is 2.45. The third kappa shape index (κ3) is 2.66. The first-order valence-corrected chi connectivity index (χ1v) is 9.07. The molecule has 0 N–H and O–H groups in total. The quantitative estimate of drug-likeness (QED) is 0.432. The van der Waals surface area contributed by atoms with Crippen molar-refractivity contribution in [2.45, 2.75) is 26.2 Å². The second kappa shape index (κ2) is 7.42. The highest BCUT2D eigenvalue weighted by atomic mass is 16.6. The van der Waals surface area contributed by atoms with Crippen LogP contribution in [0.25, 0.3) is 0 Å². The fourth-order valence-corrected chi connectivity index (χ4v) is 3.70. The Hall–Kier alpha value is -3.22. The summed E-state index contributed by atoms with van der Waals surface area (Å²) in [7, 11) is 0. The summed E-state index contributed by atoms with van der Waals surface area (Å²) in [6.07, 6.45) is 0. The molecule has 0 bridgehead atoms. The minimum absolute atomic E-state index is 0.0138. The van der Waals surface area contributed by atoms with E-state index in [2.05, 4.69) is 0 Å². The van der Waals surface area contributed by atoms with E-state index < -0.39 is 35.0 Å². The molecule has 7 heteroatoms. The van der Waals surface area contributed by atoms with Crippen molar-refractivity contribution in [1.29, 1.82) is 0 Å². The summed E-state index contributed by atoms with van der Waals surface area (Å²) in [6, 6.07) is 11.2. The Morgan fingerprint density at radius 3 is 2.07 bits per heavy atom. The number of aryl methyl sites for hydroxylation is 1. The highest BCUT2D eigenvalue weighted by Gasteiger charge is 2.67. The van der Waals surface area contributed by atoms with Crippen LogP contribution < -0.4 is 0 Å². The maximum atomic E-state index is 13.3. The topological polar surface area (TPSA) is 91.7 Å². The van der Waals surface area contributed by atoms with Gasteiger partial charge in [0, 0.05) is 11.3 Å². The molecule has 1 aliphatic heterocycles. The van der Waals surface area contributed by atoms with Crippen LogP contribution >= 0.6 is 0 Å². The largest absolute Gasteiger partial charge is 0.465 e. The number of ether oxygens (including phenoxy) is 2. The summed E-state index contributed by atoms with van der Waals surface area (Å²) in [5, 5.41) is 0. The molecule has 1 aromatic carbocycles. The fraction of sp³-hybridized carbons (Fsp3) is 0.333. The molecule has 0 fully saturated rings. The van der Waals surface area contributed by atoms with E-state index in [0.29, 0.717) is 5.69 Å². The van der Waals surface area contributed by atoms with Gasteiger partial charge in [-0.2, -0.15) is 0 Å². The molecule has 146 valence electrons. The van der Waals surface area contributed by atoms with Gasteiger partial charge in [0.2, 0.25) is 11.3 Å². The lowest BCUT2D eigenvalue weighted by Gasteiger charge is -2.28. The van der Waals surface area contributed by atoms with Gasteiger partial charge in [-0.15, -0.1) is 0 Å². The maximum absolute atomic E-state index is 13.3. The van der Waals surface area contributed by atoms with Crippen LogP contribution in [-0.2, 0) is 24.5 Å². The van der Waals surface area contributed by atoms with E-state index in [9.17, 15) is 19.2 Å². The summed E-state index contributed by atoms with van der Waals surface area (Å²) >= 11 is 0. The molecule has 0 saturated carbocycles. The van der Waals surface area contributed by atoms with Gasteiger partial charge in [-0.25, -0.2) is 0 Å². The lowest BCUT2D eigenvalue weighted by Crippen LogP contribution is -2.53. The maximum Gasteiger partial charge on any atom is 0.330 e. The summed E-state index contributed by atoms with van der Waals surface area (Å²) in [5.41, 5.74) is -1.34. The summed E-state index contributed by atoms with van der Waals surface area (Å²) < 4.78 is 11.6. The van der Waals surface area contributed by atoms with Crippen molar-refractivity contribution in [2.75, 3.05) is 13.2 Å². The van der Waals surface area contributed by atoms with Gasteiger partial charge in [0.25, 0.3) is 0 Å². The first-order chi connectivity index (χ1) is 13.4. The average Bonchev–Trinajstić information content (AvgIpc) is 3.19. The molecular weight excluding hydrogens is 362 g/mol. The number of esters is 2. The van der Waals surface area contributed by atoms with Crippen molar-refractivity contribution >= 4 is 23.6 Å². The van der Waals surface area contributed by atoms with Gasteiger partial charge in [-0.1, -0.05) is 30.3 Å². The van der Waals surface area contributed by atoms with Crippen molar-refractivity contribution in [1.82, 2.24) is 4.57 Å². The van der Waals surface area contributed by atoms with Crippen LogP contribution in [0.1, 0.15) is 40.4 Å². The van der Waals surface area contributed by atoms with Crippen LogP contribution in [0.4, 0.5) is 0 Å². The molecule has 2 heterocycles. The molecule has 1 aliphatic rings. The Balaban J connectivity index is 2.28. The zero-order valence-corrected chi connectivity index (χ0v) is 15.9. The van der Waals surface area contributed by atoms with Gasteiger partial charge in [0.15, 0.2) is 5.78 Å². The van der Waals surface area contributed by atoms with Gasteiger partial charge in [0.05, 0.1) is 18.9 Å². The van der Waals surface area contributed by atoms with E-state index in [4.69, 9.17) is 9.47 Å². The molecule has 1 atom stereocenters. The third-order valence-electron chi connectivity index (χ3n) is 4.90. The van der Waals surface area contributed by atoms with Crippen molar-refractivity contribution in [2.24, 2.45) is 5.92 Å². The number of carbonyl (C=O) groups excluding carboxylic acids is 4. The lowest BCUT2D eigenvalue weighted by molar-refractivity contribution is -0.166. The molecule has 7 nitrogen and oxygen atoms in total. The Labute approximate surface area is 162 Å². The second-order valence-corrected chi connectivity index (χ2v) is 6.45. The lowest BCUT2D eigenvalue weighted by atomic mass is 9.71. The van der Waals surface area contributed by atoms with E-state index in [-0.39, 0.29) is 24.5 Å². The molecule has 0 saturated heterocycles. The number of rotatable bonds is 6. The third-order valence-corrected chi connectivity index (χ3v) is 4.90. The Morgan fingerprint density at radius 1 is 0.964 bits per heavy atom. The predicted octanol–water partition coefficient (Wildman–Crippen LogP) is 2.31.